The molecule has 160 valence electrons. The van der Waals surface area contributed by atoms with Crippen molar-refractivity contribution >= 4 is 17.5 Å². The van der Waals surface area contributed by atoms with Crippen molar-refractivity contribution in [2.45, 2.75) is 46.6 Å². The van der Waals surface area contributed by atoms with Gasteiger partial charge in [-0.05, 0) is 63.8 Å². The van der Waals surface area contributed by atoms with Crippen LogP contribution in [0.2, 0.25) is 0 Å². The van der Waals surface area contributed by atoms with E-state index in [0.717, 1.165) is 22.5 Å². The third kappa shape index (κ3) is 4.15. The molecule has 2 heterocycles. The van der Waals surface area contributed by atoms with Gasteiger partial charge in [-0.1, -0.05) is 12.1 Å². The minimum absolute atomic E-state index is 0.00328. The Morgan fingerprint density at radius 1 is 1.03 bits per heavy atom. The highest BCUT2D eigenvalue weighted by Gasteiger charge is 2.30. The van der Waals surface area contributed by atoms with Gasteiger partial charge in [0.1, 0.15) is 0 Å². The van der Waals surface area contributed by atoms with Crippen LogP contribution in [-0.2, 0) is 4.79 Å². The van der Waals surface area contributed by atoms with E-state index in [2.05, 4.69) is 28.6 Å². The second-order valence-corrected chi connectivity index (χ2v) is 8.75. The second kappa shape index (κ2) is 8.26. The Hall–Kier alpha value is -2.60. The summed E-state index contributed by atoms with van der Waals surface area (Å²) in [7, 11) is 0. The molecular weight excluding hydrogens is 376 g/mol. The summed E-state index contributed by atoms with van der Waals surface area (Å²) in [6, 6.07) is 8.57. The molecular formula is C24H32N4O2. The highest BCUT2D eigenvalue weighted by atomic mass is 16.2. The van der Waals surface area contributed by atoms with Crippen LogP contribution in [-0.4, -0.2) is 58.9 Å². The number of aryl methyl sites for hydroxylation is 2. The number of rotatable bonds is 5. The van der Waals surface area contributed by atoms with E-state index >= 15 is 0 Å². The Morgan fingerprint density at radius 3 is 2.40 bits per heavy atom. The first kappa shape index (κ1) is 20.7. The Kier molecular flexibility index (Phi) is 5.69. The van der Waals surface area contributed by atoms with Crippen LogP contribution in [0.1, 0.15) is 51.8 Å². The number of amides is 2. The van der Waals surface area contributed by atoms with Crippen molar-refractivity contribution in [2.75, 3.05) is 38.0 Å². The zero-order chi connectivity index (χ0) is 21.4. The normalized spacial score (nSPS) is 17.3. The van der Waals surface area contributed by atoms with Crippen LogP contribution in [0.3, 0.4) is 0 Å². The van der Waals surface area contributed by atoms with Gasteiger partial charge in [0.2, 0.25) is 5.91 Å². The fourth-order valence-corrected chi connectivity index (χ4v) is 4.45. The first-order valence-electron chi connectivity index (χ1n) is 10.9. The Bertz CT molecular complexity index is 966. The summed E-state index contributed by atoms with van der Waals surface area (Å²) < 4.78 is 2.32. The van der Waals surface area contributed by atoms with Crippen LogP contribution < -0.4 is 5.32 Å². The molecule has 1 N–H and O–H groups in total. The van der Waals surface area contributed by atoms with Gasteiger partial charge in [-0.25, -0.2) is 0 Å². The minimum Gasteiger partial charge on any atom is -0.345 e. The topological polar surface area (TPSA) is 57.6 Å². The van der Waals surface area contributed by atoms with E-state index in [1.54, 1.807) is 0 Å². The predicted molar refractivity (Wildman–Crippen MR) is 119 cm³/mol. The minimum atomic E-state index is -0.00328. The predicted octanol–water partition coefficient (Wildman–Crippen LogP) is 3.45. The van der Waals surface area contributed by atoms with E-state index in [0.29, 0.717) is 38.8 Å². The van der Waals surface area contributed by atoms with Crippen molar-refractivity contribution in [3.63, 3.8) is 0 Å². The Labute approximate surface area is 178 Å². The number of benzene rings is 1. The lowest BCUT2D eigenvalue weighted by atomic mass is 10.1. The summed E-state index contributed by atoms with van der Waals surface area (Å²) in [4.78, 5) is 29.6. The summed E-state index contributed by atoms with van der Waals surface area (Å²) in [6.45, 7) is 11.3. The number of aromatic nitrogens is 1. The molecule has 0 unspecified atom stereocenters. The fraction of sp³-hybridized carbons (Fsp3) is 0.500. The first-order valence-corrected chi connectivity index (χ1v) is 10.9. The highest BCUT2D eigenvalue weighted by Crippen LogP contribution is 2.38. The van der Waals surface area contributed by atoms with Crippen LogP contribution >= 0.6 is 0 Å². The van der Waals surface area contributed by atoms with Gasteiger partial charge in [-0.3, -0.25) is 14.5 Å². The van der Waals surface area contributed by atoms with Crippen molar-refractivity contribution in [1.29, 1.82) is 0 Å². The van der Waals surface area contributed by atoms with Gasteiger partial charge < -0.3 is 14.8 Å². The van der Waals surface area contributed by atoms with Crippen molar-refractivity contribution in [3.05, 3.63) is 52.3 Å². The molecule has 2 fully saturated rings. The van der Waals surface area contributed by atoms with Gasteiger partial charge in [0.15, 0.2) is 0 Å². The largest absolute Gasteiger partial charge is 0.345 e. The van der Waals surface area contributed by atoms with Crippen LogP contribution in [0.5, 0.6) is 0 Å². The summed E-state index contributed by atoms with van der Waals surface area (Å²) in [5.41, 5.74) is 6.25. The molecule has 0 radical (unpaired) electrons. The maximum Gasteiger partial charge on any atom is 0.255 e. The number of piperazine rings is 1. The molecule has 0 atom stereocenters. The lowest BCUT2D eigenvalue weighted by molar-refractivity contribution is -0.117. The zero-order valence-corrected chi connectivity index (χ0v) is 18.5. The molecule has 1 aliphatic carbocycles. The Balaban J connectivity index is 1.32. The molecule has 1 saturated carbocycles. The first-order chi connectivity index (χ1) is 14.3. The zero-order valence-electron chi connectivity index (χ0n) is 18.5. The van der Waals surface area contributed by atoms with Gasteiger partial charge in [0, 0.05) is 49.3 Å². The highest BCUT2D eigenvalue weighted by molar-refractivity contribution is 5.96. The molecule has 4 rings (SSSR count). The number of anilines is 1. The molecule has 2 aliphatic rings. The van der Waals surface area contributed by atoms with Crippen molar-refractivity contribution in [2.24, 2.45) is 0 Å². The van der Waals surface area contributed by atoms with Crippen LogP contribution in [0.15, 0.2) is 24.3 Å². The van der Waals surface area contributed by atoms with E-state index in [9.17, 15) is 9.59 Å². The van der Waals surface area contributed by atoms with Crippen molar-refractivity contribution < 1.29 is 9.59 Å². The second-order valence-electron chi connectivity index (χ2n) is 8.75. The summed E-state index contributed by atoms with van der Waals surface area (Å²) in [5.74, 6) is 0.117. The van der Waals surface area contributed by atoms with Gasteiger partial charge in [0.25, 0.3) is 5.91 Å². The summed E-state index contributed by atoms with van der Waals surface area (Å²) >= 11 is 0. The van der Waals surface area contributed by atoms with E-state index in [4.69, 9.17) is 0 Å². The summed E-state index contributed by atoms with van der Waals surface area (Å²) in [6.07, 6.45) is 2.43. The van der Waals surface area contributed by atoms with Crippen LogP contribution in [0.25, 0.3) is 0 Å². The molecule has 1 aromatic carbocycles. The van der Waals surface area contributed by atoms with Gasteiger partial charge in [-0.15, -0.1) is 0 Å². The molecule has 6 heteroatoms. The number of hydrogen-bond acceptors (Lipinski definition) is 3. The van der Waals surface area contributed by atoms with E-state index in [1.165, 1.54) is 24.1 Å². The third-order valence-electron chi connectivity index (χ3n) is 6.53. The number of hydrogen-bond donors (Lipinski definition) is 1. The molecule has 1 aliphatic heterocycles. The molecule has 2 amide bonds. The Morgan fingerprint density at radius 2 is 1.73 bits per heavy atom. The molecule has 1 aromatic heterocycles. The maximum atomic E-state index is 13.1. The third-order valence-corrected chi connectivity index (χ3v) is 6.53. The number of nitrogens with zero attached hydrogens (tertiary/aromatic N) is 3. The number of nitrogens with one attached hydrogen (secondary N) is 1. The standard InChI is InChI=1S/C24H32N4O2/c1-16-6-5-7-22(18(16)3)25-23(29)15-26-10-12-27(13-11-26)24(30)21-14-17(2)28(19(21)4)20-8-9-20/h5-7,14,20H,8-13,15H2,1-4H3,(H,25,29). The molecule has 1 saturated heterocycles. The van der Waals surface area contributed by atoms with E-state index < -0.39 is 0 Å². The van der Waals surface area contributed by atoms with Crippen molar-refractivity contribution in [1.82, 2.24) is 14.4 Å². The van der Waals surface area contributed by atoms with Gasteiger partial charge in [-0.2, -0.15) is 0 Å². The maximum absolute atomic E-state index is 13.1. The lowest BCUT2D eigenvalue weighted by Gasteiger charge is -2.34. The van der Waals surface area contributed by atoms with Crippen LogP contribution in [0.4, 0.5) is 5.69 Å². The monoisotopic (exact) mass is 408 g/mol. The molecule has 0 bridgehead atoms. The SMILES string of the molecule is Cc1cccc(NC(=O)CN2CCN(C(=O)c3cc(C)n(C4CC4)c3C)CC2)c1C. The quantitative estimate of drug-likeness (QED) is 0.824. The fourth-order valence-electron chi connectivity index (χ4n) is 4.45. The number of carbonyl (C=O) groups is 2. The average Bonchev–Trinajstić information content (AvgIpc) is 3.50. The van der Waals surface area contributed by atoms with E-state index in [1.807, 2.05) is 43.0 Å². The van der Waals surface area contributed by atoms with E-state index in [-0.39, 0.29) is 11.8 Å². The smallest absolute Gasteiger partial charge is 0.255 e. The van der Waals surface area contributed by atoms with Crippen LogP contribution in [0, 0.1) is 27.7 Å². The average molecular weight is 409 g/mol. The van der Waals surface area contributed by atoms with Gasteiger partial charge in [0.05, 0.1) is 12.1 Å². The molecule has 2 aromatic rings. The number of carbonyl (C=O) groups excluding carboxylic acids is 2. The summed E-state index contributed by atoms with van der Waals surface area (Å²) in [5, 5.41) is 3.03. The lowest BCUT2D eigenvalue weighted by Crippen LogP contribution is -2.50. The van der Waals surface area contributed by atoms with Gasteiger partial charge >= 0.3 is 0 Å². The molecule has 6 nitrogen and oxygen atoms in total. The molecule has 0 spiro atoms. The molecule has 30 heavy (non-hydrogen) atoms. The van der Waals surface area contributed by atoms with Crippen molar-refractivity contribution in [3.8, 4) is 0 Å².